The second kappa shape index (κ2) is 16.0. The van der Waals surface area contributed by atoms with Crippen LogP contribution >= 0.6 is 0 Å². The molecule has 0 atom stereocenters. The first kappa shape index (κ1) is 15.6. The zero-order valence-electron chi connectivity index (χ0n) is 4.38. The Bertz CT molecular complexity index is 33.2. The van der Waals surface area contributed by atoms with Gasteiger partial charge in [-0.25, -0.2) is 0 Å². The molecule has 0 rings (SSSR count). The fourth-order valence-electron chi connectivity index (χ4n) is 0. The number of aliphatic hydroxyl groups excluding tert-OH is 1. The average Bonchev–Trinajstić information content (AvgIpc) is 1.41. The van der Waals surface area contributed by atoms with Crippen LogP contribution in [0.2, 0.25) is 0 Å². The Balaban J connectivity index is -0.0000000480. The van der Waals surface area contributed by atoms with E-state index in [-0.39, 0.29) is 32.7 Å². The molecule has 0 unspecified atom stereocenters. The molecule has 0 heterocycles. The molecule has 7 heavy (non-hydrogen) atoms. The standard InChI is InChI=1S/C2H4O2.CH4O.Y/c1-2(3)4;1-2;/h1H3,(H,3,4);2H,1H3;. The minimum Gasteiger partial charge on any atom is -0.481 e. The van der Waals surface area contributed by atoms with Gasteiger partial charge in [0.25, 0.3) is 5.97 Å². The van der Waals surface area contributed by atoms with Crippen molar-refractivity contribution in [1.82, 2.24) is 0 Å². The molecule has 0 saturated heterocycles. The summed E-state index contributed by atoms with van der Waals surface area (Å²) in [5.41, 5.74) is 0. The summed E-state index contributed by atoms with van der Waals surface area (Å²) in [5, 5.41) is 14.4. The summed E-state index contributed by atoms with van der Waals surface area (Å²) in [6, 6.07) is 0. The van der Waals surface area contributed by atoms with Crippen molar-refractivity contribution in [3.05, 3.63) is 0 Å². The average molecular weight is 181 g/mol. The maximum absolute atomic E-state index is 9.00. The minimum absolute atomic E-state index is 0. The molecule has 0 spiro atoms. The Kier molecular flexibility index (Phi) is 35.8. The number of aliphatic hydroxyl groups is 1. The van der Waals surface area contributed by atoms with Gasteiger partial charge in [-0.05, 0) is 0 Å². The summed E-state index contributed by atoms with van der Waals surface area (Å²) in [4.78, 5) is 9.00. The number of aliphatic carboxylic acids is 1. The Morgan fingerprint density at radius 2 is 1.43 bits per heavy atom. The van der Waals surface area contributed by atoms with Crippen LogP contribution in [0.4, 0.5) is 0 Å². The number of rotatable bonds is 0. The van der Waals surface area contributed by atoms with Gasteiger partial charge in [0.05, 0.1) is 0 Å². The molecule has 2 N–H and O–H groups in total. The first-order chi connectivity index (χ1) is 2.73. The van der Waals surface area contributed by atoms with Gasteiger partial charge in [-0.3, -0.25) is 4.79 Å². The van der Waals surface area contributed by atoms with Crippen molar-refractivity contribution >= 4 is 5.97 Å². The third-order valence-electron chi connectivity index (χ3n) is 0. The van der Waals surface area contributed by atoms with Crippen molar-refractivity contribution in [3.8, 4) is 0 Å². The Hall–Kier alpha value is 0.534. The van der Waals surface area contributed by atoms with Gasteiger partial charge in [0, 0.05) is 46.7 Å². The number of carboxylic acid groups (broad SMARTS) is 1. The van der Waals surface area contributed by atoms with E-state index in [2.05, 4.69) is 0 Å². The summed E-state index contributed by atoms with van der Waals surface area (Å²) >= 11 is 0. The summed E-state index contributed by atoms with van der Waals surface area (Å²) in [6.45, 7) is 1.08. The fraction of sp³-hybridized carbons (Fsp3) is 0.667. The van der Waals surface area contributed by atoms with Gasteiger partial charge in [0.2, 0.25) is 0 Å². The first-order valence-corrected chi connectivity index (χ1v) is 1.37. The van der Waals surface area contributed by atoms with Crippen molar-refractivity contribution in [2.45, 2.75) is 6.92 Å². The minimum atomic E-state index is -0.833. The summed E-state index contributed by atoms with van der Waals surface area (Å²) in [6.07, 6.45) is 0. The second-order valence-corrected chi connectivity index (χ2v) is 0.519. The molecule has 0 aromatic heterocycles. The van der Waals surface area contributed by atoms with Gasteiger partial charge < -0.3 is 10.2 Å². The molecule has 0 aromatic rings. The molecule has 0 bridgehead atoms. The molecular weight excluding hydrogens is 173 g/mol. The van der Waals surface area contributed by atoms with E-state index in [1.165, 1.54) is 0 Å². The predicted molar refractivity (Wildman–Crippen MR) is 21.5 cm³/mol. The largest absolute Gasteiger partial charge is 0.481 e. The molecule has 1 radical (unpaired) electrons. The van der Waals surface area contributed by atoms with E-state index in [0.717, 1.165) is 14.0 Å². The summed E-state index contributed by atoms with van der Waals surface area (Å²) in [5.74, 6) is -0.833. The number of carbonyl (C=O) groups is 1. The smallest absolute Gasteiger partial charge is 0.300 e. The molecule has 0 aliphatic rings. The van der Waals surface area contributed by atoms with Gasteiger partial charge in [-0.15, -0.1) is 0 Å². The van der Waals surface area contributed by atoms with Crippen LogP contribution < -0.4 is 0 Å². The molecule has 4 heteroatoms. The number of hydrogen-bond donors (Lipinski definition) is 2. The van der Waals surface area contributed by atoms with Crippen molar-refractivity contribution in [2.75, 3.05) is 7.11 Å². The van der Waals surface area contributed by atoms with Gasteiger partial charge in [0.15, 0.2) is 0 Å². The molecular formula is C3H8O3Y. The van der Waals surface area contributed by atoms with Crippen LogP contribution in [0.1, 0.15) is 6.92 Å². The number of hydrogen-bond acceptors (Lipinski definition) is 2. The Morgan fingerprint density at radius 1 is 1.43 bits per heavy atom. The normalized spacial score (nSPS) is 4.43. The summed E-state index contributed by atoms with van der Waals surface area (Å²) in [7, 11) is 1.00. The van der Waals surface area contributed by atoms with E-state index >= 15 is 0 Å². The Morgan fingerprint density at radius 3 is 1.43 bits per heavy atom. The van der Waals surface area contributed by atoms with Crippen LogP contribution in [0.15, 0.2) is 0 Å². The van der Waals surface area contributed by atoms with Crippen molar-refractivity contribution < 1.29 is 47.7 Å². The van der Waals surface area contributed by atoms with Crippen molar-refractivity contribution in [2.24, 2.45) is 0 Å². The van der Waals surface area contributed by atoms with Crippen LogP contribution in [0.25, 0.3) is 0 Å². The zero-order valence-corrected chi connectivity index (χ0v) is 7.22. The Labute approximate surface area is 67.6 Å². The zero-order chi connectivity index (χ0) is 5.58. The van der Waals surface area contributed by atoms with Crippen LogP contribution in [-0.4, -0.2) is 23.3 Å². The maximum atomic E-state index is 9.00. The number of carboxylic acids is 1. The van der Waals surface area contributed by atoms with Gasteiger partial charge in [-0.2, -0.15) is 0 Å². The van der Waals surface area contributed by atoms with Gasteiger partial charge >= 0.3 is 0 Å². The molecule has 0 aliphatic carbocycles. The molecule has 3 nitrogen and oxygen atoms in total. The molecule has 0 saturated carbocycles. The van der Waals surface area contributed by atoms with Crippen molar-refractivity contribution in [3.63, 3.8) is 0 Å². The van der Waals surface area contributed by atoms with Crippen LogP contribution in [-0.2, 0) is 37.5 Å². The SMILES string of the molecule is CC(=O)O.CO.[Y]. The predicted octanol–water partition coefficient (Wildman–Crippen LogP) is -0.303. The molecule has 0 fully saturated rings. The quantitative estimate of drug-likeness (QED) is 0.539. The van der Waals surface area contributed by atoms with E-state index < -0.39 is 5.97 Å². The third-order valence-corrected chi connectivity index (χ3v) is 0. The van der Waals surface area contributed by atoms with Crippen molar-refractivity contribution in [1.29, 1.82) is 0 Å². The molecule has 41 valence electrons. The maximum Gasteiger partial charge on any atom is 0.300 e. The van der Waals surface area contributed by atoms with E-state index in [1.54, 1.807) is 0 Å². The third kappa shape index (κ3) is 471. The van der Waals surface area contributed by atoms with Crippen LogP contribution in [0.5, 0.6) is 0 Å². The molecule has 0 aromatic carbocycles. The van der Waals surface area contributed by atoms with E-state index in [1.807, 2.05) is 0 Å². The van der Waals surface area contributed by atoms with E-state index in [0.29, 0.717) is 0 Å². The van der Waals surface area contributed by atoms with Gasteiger partial charge in [0.1, 0.15) is 0 Å². The second-order valence-electron chi connectivity index (χ2n) is 0.519. The van der Waals surface area contributed by atoms with E-state index in [9.17, 15) is 0 Å². The van der Waals surface area contributed by atoms with Gasteiger partial charge in [-0.1, -0.05) is 0 Å². The topological polar surface area (TPSA) is 57.5 Å². The monoisotopic (exact) mass is 181 g/mol. The van der Waals surface area contributed by atoms with Crippen LogP contribution in [0, 0.1) is 0 Å². The van der Waals surface area contributed by atoms with Crippen LogP contribution in [0.3, 0.4) is 0 Å². The molecule has 0 amide bonds. The molecule has 0 aliphatic heterocycles. The first-order valence-electron chi connectivity index (χ1n) is 1.37. The summed E-state index contributed by atoms with van der Waals surface area (Å²) < 4.78 is 0. The fourth-order valence-corrected chi connectivity index (χ4v) is 0. The van der Waals surface area contributed by atoms with E-state index in [4.69, 9.17) is 15.0 Å².